The van der Waals surface area contributed by atoms with Crippen LogP contribution in [0.4, 0.5) is 14.9 Å². The number of anilines is 1. The molecule has 0 bridgehead atoms. The van der Waals surface area contributed by atoms with Gasteiger partial charge in [-0.1, -0.05) is 35.2 Å². The Kier molecular flexibility index (Phi) is 7.83. The fraction of sp³-hybridized carbons (Fsp3) is 0.519. The Morgan fingerprint density at radius 1 is 1.15 bits per heavy atom. The Bertz CT molecular complexity index is 1370. The first-order valence-electron chi connectivity index (χ1n) is 13.6. The average Bonchev–Trinajstić information content (AvgIpc) is 3.51. The second kappa shape index (κ2) is 11.4. The van der Waals surface area contributed by atoms with Crippen molar-refractivity contribution in [1.29, 1.82) is 0 Å². The molecule has 0 radical (unpaired) electrons. The number of para-hydroxylation sites is 1. The summed E-state index contributed by atoms with van der Waals surface area (Å²) in [5.41, 5.74) is 1.66. The van der Waals surface area contributed by atoms with Crippen LogP contribution in [0.3, 0.4) is 0 Å². The largest absolute Gasteiger partial charge is 0.444 e. The van der Waals surface area contributed by atoms with E-state index in [-0.39, 0.29) is 6.09 Å². The molecule has 1 aromatic carbocycles. The lowest BCUT2D eigenvalue weighted by Crippen LogP contribution is -2.46. The van der Waals surface area contributed by atoms with Crippen LogP contribution in [0, 0.1) is 0 Å². The van der Waals surface area contributed by atoms with Crippen molar-refractivity contribution in [2.45, 2.75) is 45.8 Å². The standard InChI is InChI=1S/C27H35N7O3S3/c1-27(2,3)36-26(35)33-11-9-18-21(17-33)39-23-22(18)37-34(28)25(30-23)38-16-6-10-31-12-14-32(15-13-31)24-29-19-7-4-5-8-20(19)40-24/h4-5,7-8H,6,9-17,28H2,1-3H3. The maximum Gasteiger partial charge on any atom is 0.410 e. The molecule has 0 aliphatic carbocycles. The Morgan fingerprint density at radius 2 is 1.95 bits per heavy atom. The van der Waals surface area contributed by atoms with Gasteiger partial charge in [-0.05, 0) is 52.3 Å². The van der Waals surface area contributed by atoms with Crippen molar-refractivity contribution >= 4 is 66.0 Å². The zero-order valence-electron chi connectivity index (χ0n) is 23.1. The number of aromatic nitrogens is 1. The zero-order chi connectivity index (χ0) is 27.9. The van der Waals surface area contributed by atoms with Gasteiger partial charge in [0.2, 0.25) is 5.17 Å². The fourth-order valence-electron chi connectivity index (χ4n) is 4.99. The molecule has 2 N–H and O–H groups in total. The lowest BCUT2D eigenvalue weighted by atomic mass is 10.1. The van der Waals surface area contributed by atoms with Crippen LogP contribution < -0.4 is 15.6 Å². The zero-order valence-corrected chi connectivity index (χ0v) is 25.5. The third-order valence-corrected chi connectivity index (χ3v) is 10.2. The Morgan fingerprint density at radius 3 is 2.73 bits per heavy atom. The van der Waals surface area contributed by atoms with Gasteiger partial charge in [0.15, 0.2) is 15.9 Å². The van der Waals surface area contributed by atoms with Crippen LogP contribution in [0.15, 0.2) is 29.3 Å². The minimum Gasteiger partial charge on any atom is -0.444 e. The van der Waals surface area contributed by atoms with Crippen LogP contribution in [-0.4, -0.2) is 81.8 Å². The number of hydrogen-bond acceptors (Lipinski definition) is 12. The van der Waals surface area contributed by atoms with Crippen molar-refractivity contribution in [3.8, 4) is 5.75 Å². The van der Waals surface area contributed by atoms with Crippen molar-refractivity contribution in [3.05, 3.63) is 34.7 Å². The van der Waals surface area contributed by atoms with Crippen LogP contribution in [0.2, 0.25) is 0 Å². The Balaban J connectivity index is 0.981. The molecule has 3 aromatic rings. The van der Waals surface area contributed by atoms with E-state index in [9.17, 15) is 4.79 Å². The fourth-order valence-corrected chi connectivity index (χ4v) is 8.00. The minimum atomic E-state index is -0.517. The number of rotatable bonds is 5. The highest BCUT2D eigenvalue weighted by Crippen LogP contribution is 2.47. The molecule has 0 atom stereocenters. The van der Waals surface area contributed by atoms with Gasteiger partial charge in [0.1, 0.15) is 5.60 Å². The number of fused-ring (bicyclic) bond motifs is 4. The van der Waals surface area contributed by atoms with E-state index >= 15 is 0 Å². The number of thiophene rings is 1. The van der Waals surface area contributed by atoms with E-state index < -0.39 is 5.60 Å². The smallest absolute Gasteiger partial charge is 0.410 e. The van der Waals surface area contributed by atoms with Gasteiger partial charge >= 0.3 is 6.09 Å². The summed E-state index contributed by atoms with van der Waals surface area (Å²) in [5, 5.41) is 3.90. The SMILES string of the molecule is CC(C)(C)OC(=O)N1CCc2c(sc3c2ON(N)C(SCCCN2CCN(c4nc5ccccc5s4)CC2)=N3)C1. The summed E-state index contributed by atoms with van der Waals surface area (Å²) in [6, 6.07) is 8.34. The van der Waals surface area contributed by atoms with E-state index in [2.05, 4.69) is 28.0 Å². The molecule has 214 valence electrons. The van der Waals surface area contributed by atoms with Gasteiger partial charge in [-0.25, -0.2) is 20.6 Å². The number of nitrogens with zero attached hydrogens (tertiary/aromatic N) is 6. The molecular formula is C27H35N7O3S3. The van der Waals surface area contributed by atoms with Crippen LogP contribution >= 0.6 is 34.4 Å². The molecule has 0 saturated carbocycles. The number of carbonyl (C=O) groups excluding carboxylic acids is 1. The summed E-state index contributed by atoms with van der Waals surface area (Å²) in [6.07, 6.45) is 1.44. The molecule has 0 unspecified atom stereocenters. The number of amidine groups is 1. The quantitative estimate of drug-likeness (QED) is 0.318. The van der Waals surface area contributed by atoms with Gasteiger partial charge in [-0.15, -0.1) is 16.5 Å². The molecule has 1 saturated heterocycles. The van der Waals surface area contributed by atoms with Gasteiger partial charge in [-0.3, -0.25) is 4.90 Å². The third kappa shape index (κ3) is 6.03. The molecule has 13 heteroatoms. The highest BCUT2D eigenvalue weighted by molar-refractivity contribution is 8.13. The molecule has 6 rings (SSSR count). The Labute approximate surface area is 246 Å². The predicted molar refractivity (Wildman–Crippen MR) is 164 cm³/mol. The summed E-state index contributed by atoms with van der Waals surface area (Å²) in [7, 11) is 0. The van der Waals surface area contributed by atoms with Gasteiger partial charge in [0, 0.05) is 48.9 Å². The maximum atomic E-state index is 12.6. The van der Waals surface area contributed by atoms with E-state index in [4.69, 9.17) is 25.4 Å². The number of thiazole rings is 1. The summed E-state index contributed by atoms with van der Waals surface area (Å²) < 4.78 is 6.81. The number of aliphatic imine (C=N–C) groups is 1. The highest BCUT2D eigenvalue weighted by atomic mass is 32.2. The van der Waals surface area contributed by atoms with Crippen LogP contribution in [0.25, 0.3) is 10.2 Å². The maximum absolute atomic E-state index is 12.6. The summed E-state index contributed by atoms with van der Waals surface area (Å²) in [6.45, 7) is 11.9. The molecular weight excluding hydrogens is 567 g/mol. The van der Waals surface area contributed by atoms with E-state index in [0.29, 0.717) is 24.7 Å². The van der Waals surface area contributed by atoms with Crippen molar-refractivity contribution in [1.82, 2.24) is 20.0 Å². The first-order chi connectivity index (χ1) is 19.2. The number of hydrogen-bond donors (Lipinski definition) is 1. The van der Waals surface area contributed by atoms with Crippen LogP contribution in [0.1, 0.15) is 37.6 Å². The van der Waals surface area contributed by atoms with E-state index in [1.54, 1.807) is 39.3 Å². The van der Waals surface area contributed by atoms with Crippen LogP contribution in [-0.2, 0) is 17.7 Å². The number of nitrogens with two attached hydrogens (primary N) is 1. The van der Waals surface area contributed by atoms with Gasteiger partial charge in [0.25, 0.3) is 0 Å². The van der Waals surface area contributed by atoms with E-state index in [0.717, 1.165) is 76.7 Å². The number of benzene rings is 1. The summed E-state index contributed by atoms with van der Waals surface area (Å²) in [4.78, 5) is 35.9. The van der Waals surface area contributed by atoms with Gasteiger partial charge in [-0.2, -0.15) is 0 Å². The van der Waals surface area contributed by atoms with Crippen molar-refractivity contribution in [2.75, 3.05) is 49.9 Å². The van der Waals surface area contributed by atoms with Gasteiger partial charge in [0.05, 0.1) is 16.8 Å². The molecule has 3 aliphatic rings. The normalized spacial score (nSPS) is 17.9. The lowest BCUT2D eigenvalue weighted by Gasteiger charge is -2.34. The number of ether oxygens (including phenoxy) is 1. The summed E-state index contributed by atoms with van der Waals surface area (Å²) >= 11 is 4.97. The number of hydroxylamine groups is 1. The highest BCUT2D eigenvalue weighted by Gasteiger charge is 2.33. The second-order valence-electron chi connectivity index (χ2n) is 11.1. The van der Waals surface area contributed by atoms with Crippen LogP contribution in [0.5, 0.6) is 5.75 Å². The van der Waals surface area contributed by atoms with Crippen molar-refractivity contribution in [2.24, 2.45) is 10.8 Å². The molecule has 1 amide bonds. The average molecular weight is 602 g/mol. The first-order valence-corrected chi connectivity index (χ1v) is 16.2. The van der Waals surface area contributed by atoms with Gasteiger partial charge < -0.3 is 19.4 Å². The number of amides is 1. The second-order valence-corrected chi connectivity index (χ2v) is 14.3. The lowest BCUT2D eigenvalue weighted by molar-refractivity contribution is 0.0156. The van der Waals surface area contributed by atoms with E-state index in [1.165, 1.54) is 9.87 Å². The summed E-state index contributed by atoms with van der Waals surface area (Å²) in [5.74, 6) is 7.84. The molecule has 0 spiro atoms. The molecule has 40 heavy (non-hydrogen) atoms. The third-order valence-electron chi connectivity index (χ3n) is 6.99. The molecule has 1 fully saturated rings. The van der Waals surface area contributed by atoms with Crippen molar-refractivity contribution < 1.29 is 14.4 Å². The Hall–Kier alpha value is -2.58. The monoisotopic (exact) mass is 601 g/mol. The molecule has 2 aromatic heterocycles. The number of carbonyl (C=O) groups is 1. The number of thioether (sulfide) groups is 1. The molecule has 10 nitrogen and oxygen atoms in total. The number of hydrazine groups is 1. The van der Waals surface area contributed by atoms with E-state index in [1.807, 2.05) is 26.8 Å². The number of piperazine rings is 1. The molecule has 5 heterocycles. The molecule has 3 aliphatic heterocycles. The topological polar surface area (TPSA) is 99.8 Å². The first kappa shape index (κ1) is 27.6. The van der Waals surface area contributed by atoms with Crippen molar-refractivity contribution in [3.63, 3.8) is 0 Å². The minimum absolute atomic E-state index is 0.288. The predicted octanol–water partition coefficient (Wildman–Crippen LogP) is 5.07.